The fraction of sp³-hybridized carbons (Fsp3) is 0. The standard InChI is InChI=1S/2C52H30O2/c1-2-14-31(15-3-1)50-37-20-6-8-22-39(37)51(40-23-9-7-21-38(40)50)41-27-26-34(32-16-4-5-17-33(32)41)42-29-45-36-19-11-13-25-48(36)54-52(45)46-30-49-44(28-43(42)46)35-18-10-12-24-47(35)53-49;1-2-14-31(15-3-1)47-36-18-6-8-20-38(36)48(39-21-9-7-19-37(39)47)41-29-28-33(34-16-4-5-17-35(34)41)32-26-27-44-46(30-32)54-51-42-23-11-10-22-40(42)49-43-24-12-13-25-45(43)53-52(49)50(44)51/h2*1-30H. The molecule has 0 fully saturated rings. The van der Waals surface area contributed by atoms with Gasteiger partial charge in [0.15, 0.2) is 0 Å². The molecule has 4 heterocycles. The normalized spacial score (nSPS) is 12.1. The molecule has 20 aromatic carbocycles. The first-order valence-corrected chi connectivity index (χ1v) is 37.0. The molecule has 4 aromatic heterocycles. The topological polar surface area (TPSA) is 52.6 Å². The van der Waals surface area contributed by atoms with E-state index in [1.165, 1.54) is 126 Å². The molecule has 0 unspecified atom stereocenters. The number of para-hydroxylation sites is 3. The van der Waals surface area contributed by atoms with Crippen LogP contribution in [0.25, 0.3) is 241 Å². The van der Waals surface area contributed by atoms with Gasteiger partial charge in [-0.2, -0.15) is 0 Å². The Hall–Kier alpha value is -14.3. The highest BCUT2D eigenvalue weighted by molar-refractivity contribution is 6.35. The second-order valence-corrected chi connectivity index (χ2v) is 28.6. The molecular formula is C104H60O4. The number of benzene rings is 20. The zero-order chi connectivity index (χ0) is 70.7. The monoisotopic (exact) mass is 1370 g/mol. The summed E-state index contributed by atoms with van der Waals surface area (Å²) < 4.78 is 26.5. The van der Waals surface area contributed by atoms with E-state index in [2.05, 4.69) is 334 Å². The Bertz CT molecular complexity index is 7810. The van der Waals surface area contributed by atoms with E-state index in [9.17, 15) is 0 Å². The molecule has 4 nitrogen and oxygen atoms in total. The molecular weight excluding hydrogens is 1310 g/mol. The van der Waals surface area contributed by atoms with Crippen molar-refractivity contribution >= 4 is 174 Å². The van der Waals surface area contributed by atoms with Crippen LogP contribution >= 0.6 is 0 Å². The van der Waals surface area contributed by atoms with Gasteiger partial charge in [0.1, 0.15) is 44.7 Å². The van der Waals surface area contributed by atoms with E-state index in [0.717, 1.165) is 115 Å². The number of rotatable bonds is 6. The summed E-state index contributed by atoms with van der Waals surface area (Å²) in [6.45, 7) is 0. The molecule has 0 saturated carbocycles. The molecule has 0 bridgehead atoms. The van der Waals surface area contributed by atoms with Crippen LogP contribution in [0.4, 0.5) is 0 Å². The molecule has 0 amide bonds. The fourth-order valence-corrected chi connectivity index (χ4v) is 18.3. The first kappa shape index (κ1) is 60.1. The zero-order valence-electron chi connectivity index (χ0n) is 58.3. The lowest BCUT2D eigenvalue weighted by atomic mass is 9.83. The van der Waals surface area contributed by atoms with Gasteiger partial charge in [0.25, 0.3) is 0 Å². The zero-order valence-corrected chi connectivity index (χ0v) is 58.3. The number of fused-ring (bicyclic) bond motifs is 24. The lowest BCUT2D eigenvalue weighted by Crippen LogP contribution is -1.92. The summed E-state index contributed by atoms with van der Waals surface area (Å²) in [5.41, 5.74) is 21.6. The average molecular weight is 1370 g/mol. The second kappa shape index (κ2) is 23.6. The minimum atomic E-state index is 0.849. The Morgan fingerprint density at radius 3 is 1.02 bits per heavy atom. The molecule has 0 spiro atoms. The summed E-state index contributed by atoms with van der Waals surface area (Å²) in [7, 11) is 0. The predicted octanol–water partition coefficient (Wildman–Crippen LogP) is 30.2. The van der Waals surface area contributed by atoms with Gasteiger partial charge in [-0.25, -0.2) is 0 Å². The molecule has 0 atom stereocenters. The largest absolute Gasteiger partial charge is 0.456 e. The minimum Gasteiger partial charge on any atom is -0.456 e. The highest BCUT2D eigenvalue weighted by Gasteiger charge is 2.26. The predicted molar refractivity (Wildman–Crippen MR) is 455 cm³/mol. The van der Waals surface area contributed by atoms with Crippen molar-refractivity contribution in [1.29, 1.82) is 0 Å². The van der Waals surface area contributed by atoms with Crippen molar-refractivity contribution in [3.8, 4) is 66.8 Å². The van der Waals surface area contributed by atoms with E-state index >= 15 is 0 Å². The Labute approximate surface area is 618 Å². The molecule has 0 radical (unpaired) electrons. The lowest BCUT2D eigenvalue weighted by molar-refractivity contribution is 0.665. The first-order chi connectivity index (χ1) is 53.6. The van der Waals surface area contributed by atoms with Crippen LogP contribution in [-0.2, 0) is 0 Å². The van der Waals surface area contributed by atoms with Gasteiger partial charge in [-0.15, -0.1) is 0 Å². The van der Waals surface area contributed by atoms with Gasteiger partial charge in [-0.05, 0) is 191 Å². The third-order valence-corrected chi connectivity index (χ3v) is 22.9. The minimum absolute atomic E-state index is 0.849. The smallest absolute Gasteiger partial charge is 0.147 e. The van der Waals surface area contributed by atoms with Crippen LogP contribution in [0, 0.1) is 0 Å². The summed E-state index contributed by atoms with van der Waals surface area (Å²) in [6.07, 6.45) is 0. The summed E-state index contributed by atoms with van der Waals surface area (Å²) in [5, 5.41) is 28.1. The molecule has 0 aliphatic rings. The highest BCUT2D eigenvalue weighted by atomic mass is 16.3. The van der Waals surface area contributed by atoms with Crippen molar-refractivity contribution in [2.45, 2.75) is 0 Å². The maximum absolute atomic E-state index is 6.82. The molecule has 108 heavy (non-hydrogen) atoms. The van der Waals surface area contributed by atoms with Crippen LogP contribution in [0.3, 0.4) is 0 Å². The van der Waals surface area contributed by atoms with Crippen molar-refractivity contribution in [2.24, 2.45) is 0 Å². The number of hydrogen-bond donors (Lipinski definition) is 0. The summed E-state index contributed by atoms with van der Waals surface area (Å²) >= 11 is 0. The van der Waals surface area contributed by atoms with Gasteiger partial charge >= 0.3 is 0 Å². The van der Waals surface area contributed by atoms with E-state index in [-0.39, 0.29) is 0 Å². The van der Waals surface area contributed by atoms with E-state index < -0.39 is 0 Å². The van der Waals surface area contributed by atoms with Gasteiger partial charge in [0.2, 0.25) is 0 Å². The Balaban J connectivity index is 0.000000130. The molecule has 24 aromatic rings. The van der Waals surface area contributed by atoms with Gasteiger partial charge < -0.3 is 17.7 Å². The first-order valence-electron chi connectivity index (χ1n) is 37.0. The van der Waals surface area contributed by atoms with Crippen LogP contribution in [0.2, 0.25) is 0 Å². The summed E-state index contributed by atoms with van der Waals surface area (Å²) in [6, 6.07) is 131. The second-order valence-electron chi connectivity index (χ2n) is 28.6. The maximum Gasteiger partial charge on any atom is 0.147 e. The van der Waals surface area contributed by atoms with Gasteiger partial charge in [-0.1, -0.05) is 315 Å². The molecule has 0 N–H and O–H groups in total. The Kier molecular flexibility index (Phi) is 13.1. The van der Waals surface area contributed by atoms with Crippen molar-refractivity contribution in [3.63, 3.8) is 0 Å². The third-order valence-electron chi connectivity index (χ3n) is 22.9. The van der Waals surface area contributed by atoms with E-state index in [4.69, 9.17) is 17.7 Å². The molecule has 500 valence electrons. The fourth-order valence-electron chi connectivity index (χ4n) is 18.3. The molecule has 4 heteroatoms. The lowest BCUT2D eigenvalue weighted by Gasteiger charge is -2.20. The molecule has 24 rings (SSSR count). The van der Waals surface area contributed by atoms with Crippen LogP contribution < -0.4 is 0 Å². The van der Waals surface area contributed by atoms with Crippen molar-refractivity contribution in [3.05, 3.63) is 364 Å². The van der Waals surface area contributed by atoms with Crippen molar-refractivity contribution in [1.82, 2.24) is 0 Å². The van der Waals surface area contributed by atoms with Crippen LogP contribution in [0.5, 0.6) is 0 Å². The SMILES string of the molecule is c1ccc(-c2c3ccccc3c(-c3ccc(-c4cc5c6ccccc6oc5c5cc6oc7ccccc7c6cc45)c4ccccc34)c3ccccc23)cc1.c1ccc(-c2c3ccccc3c(-c3ccc(-c4ccc5c(c4)oc4c6ccccc6c6c7ccccc7oc6c54)c4ccccc34)c3ccccc23)cc1. The molecule has 0 aliphatic heterocycles. The van der Waals surface area contributed by atoms with E-state index in [0.29, 0.717) is 0 Å². The molecule has 0 aliphatic carbocycles. The highest BCUT2D eigenvalue weighted by Crippen LogP contribution is 2.52. The van der Waals surface area contributed by atoms with Gasteiger partial charge in [-0.3, -0.25) is 0 Å². The van der Waals surface area contributed by atoms with Crippen molar-refractivity contribution < 1.29 is 17.7 Å². The van der Waals surface area contributed by atoms with Crippen LogP contribution in [-0.4, -0.2) is 0 Å². The Morgan fingerprint density at radius 2 is 0.481 bits per heavy atom. The summed E-state index contributed by atoms with van der Waals surface area (Å²) in [4.78, 5) is 0. The van der Waals surface area contributed by atoms with Gasteiger partial charge in [0.05, 0.1) is 5.39 Å². The quantitative estimate of drug-likeness (QED) is 0.156. The average Bonchev–Trinajstić information content (AvgIpc) is 1.57. The van der Waals surface area contributed by atoms with E-state index in [1.807, 2.05) is 30.3 Å². The van der Waals surface area contributed by atoms with E-state index in [1.54, 1.807) is 0 Å². The summed E-state index contributed by atoms with van der Waals surface area (Å²) in [5.74, 6) is 0. The molecule has 0 saturated heterocycles. The maximum atomic E-state index is 6.82. The van der Waals surface area contributed by atoms with Crippen LogP contribution in [0.15, 0.2) is 382 Å². The van der Waals surface area contributed by atoms with Crippen molar-refractivity contribution in [2.75, 3.05) is 0 Å². The Morgan fingerprint density at radius 1 is 0.130 bits per heavy atom. The van der Waals surface area contributed by atoms with Crippen LogP contribution in [0.1, 0.15) is 0 Å². The number of furan rings is 4. The number of hydrogen-bond acceptors (Lipinski definition) is 4. The van der Waals surface area contributed by atoms with Gasteiger partial charge in [0, 0.05) is 48.5 Å². The third kappa shape index (κ3) is 8.92.